The number of nitro groups is 1. The molecule has 0 heterocycles. The Balaban J connectivity index is 0.00000312. The van der Waals surface area contributed by atoms with Crippen molar-refractivity contribution in [1.82, 2.24) is 0 Å². The van der Waals surface area contributed by atoms with Gasteiger partial charge in [-0.15, -0.1) is 11.8 Å². The molecule has 0 saturated heterocycles. The number of thioether (sulfide) groups is 1. The van der Waals surface area contributed by atoms with Crippen molar-refractivity contribution in [2.24, 2.45) is 0 Å². The first-order valence-corrected chi connectivity index (χ1v) is 7.75. The average Bonchev–Trinajstić information content (AvgIpc) is 2.59. The molecule has 25 heavy (non-hydrogen) atoms. The summed E-state index contributed by atoms with van der Waals surface area (Å²) in [6, 6.07) is 12.4. The Labute approximate surface area is 170 Å². The van der Waals surface area contributed by atoms with Gasteiger partial charge in [0, 0.05) is 6.07 Å². The third-order valence-corrected chi connectivity index (χ3v) is 4.67. The molecule has 2 unspecified atom stereocenters. The Morgan fingerprint density at radius 1 is 1.20 bits per heavy atom. The van der Waals surface area contributed by atoms with Gasteiger partial charge in [0.1, 0.15) is 11.9 Å². The molecule has 0 bridgehead atoms. The first kappa shape index (κ1) is 21.5. The quantitative estimate of drug-likeness (QED) is 0.274. The van der Waals surface area contributed by atoms with Gasteiger partial charge in [-0.05, 0) is 23.8 Å². The first-order valence-electron chi connectivity index (χ1n) is 6.87. The summed E-state index contributed by atoms with van der Waals surface area (Å²) in [6.07, 6.45) is -1.83. The summed E-state index contributed by atoms with van der Waals surface area (Å²) in [6.45, 7) is 0. The van der Waals surface area contributed by atoms with Crippen LogP contribution >= 0.6 is 11.8 Å². The molecule has 9 heteroatoms. The standard InChI is InChI=1S/C16H15NO6S.Na/c1-23-11-8-6-10(7-9-11)15(14(18)16(19)20)24-13-5-3-2-4-12(13)17(21)22;/h2-9,14-15,18H,1H3,(H,19,20);/q;+1/p-1. The van der Waals surface area contributed by atoms with Crippen molar-refractivity contribution in [1.29, 1.82) is 0 Å². The second-order valence-electron chi connectivity index (χ2n) is 4.80. The maximum absolute atomic E-state index is 11.1. The molecule has 2 atom stereocenters. The van der Waals surface area contributed by atoms with E-state index in [1.807, 2.05) is 0 Å². The van der Waals surface area contributed by atoms with Crippen molar-refractivity contribution in [3.05, 3.63) is 64.2 Å². The molecular weight excluding hydrogens is 357 g/mol. The second-order valence-corrected chi connectivity index (χ2v) is 5.98. The normalized spacial score (nSPS) is 12.6. The minimum Gasteiger partial charge on any atom is -0.547 e. The van der Waals surface area contributed by atoms with E-state index in [4.69, 9.17) is 4.74 Å². The number of rotatable bonds is 7. The van der Waals surface area contributed by atoms with E-state index in [0.29, 0.717) is 11.3 Å². The molecular formula is C16H14NNaO6S. The van der Waals surface area contributed by atoms with Gasteiger partial charge in [-0.25, -0.2) is 0 Å². The number of nitro benzene ring substituents is 1. The molecule has 0 aliphatic carbocycles. The number of carbonyl (C=O) groups excluding carboxylic acids is 1. The number of carboxylic acids is 1. The van der Waals surface area contributed by atoms with Gasteiger partial charge in [-0.1, -0.05) is 24.3 Å². The monoisotopic (exact) mass is 371 g/mol. The third-order valence-electron chi connectivity index (χ3n) is 3.29. The molecule has 126 valence electrons. The molecule has 0 aliphatic rings. The Bertz CT molecular complexity index is 740. The third kappa shape index (κ3) is 5.45. The number of aliphatic hydroxyl groups excluding tert-OH is 1. The van der Waals surface area contributed by atoms with Crippen molar-refractivity contribution >= 4 is 23.4 Å². The molecule has 0 fully saturated rings. The van der Waals surface area contributed by atoms with Crippen LogP contribution in [-0.2, 0) is 4.79 Å². The van der Waals surface area contributed by atoms with Crippen molar-refractivity contribution < 1.29 is 54.2 Å². The van der Waals surface area contributed by atoms with Gasteiger partial charge in [0.15, 0.2) is 0 Å². The number of para-hydroxylation sites is 1. The van der Waals surface area contributed by atoms with Gasteiger partial charge in [-0.2, -0.15) is 0 Å². The zero-order valence-corrected chi connectivity index (χ0v) is 16.4. The maximum Gasteiger partial charge on any atom is 1.00 e. The van der Waals surface area contributed by atoms with E-state index in [0.717, 1.165) is 11.8 Å². The predicted molar refractivity (Wildman–Crippen MR) is 85.7 cm³/mol. The fourth-order valence-corrected chi connectivity index (χ4v) is 3.30. The number of aliphatic carboxylic acids is 1. The second kappa shape index (κ2) is 9.79. The minimum atomic E-state index is -1.83. The van der Waals surface area contributed by atoms with Gasteiger partial charge in [0.2, 0.25) is 0 Å². The molecule has 0 saturated carbocycles. The summed E-state index contributed by atoms with van der Waals surface area (Å²) < 4.78 is 5.04. The van der Waals surface area contributed by atoms with Gasteiger partial charge in [-0.3, -0.25) is 10.1 Å². The summed E-state index contributed by atoms with van der Waals surface area (Å²) in [5.74, 6) is -1.09. The summed E-state index contributed by atoms with van der Waals surface area (Å²) in [5, 5.41) is 31.2. The Morgan fingerprint density at radius 2 is 1.80 bits per heavy atom. The number of carbonyl (C=O) groups is 1. The SMILES string of the molecule is COc1ccc(C(Sc2ccccc2[N+](=O)[O-])C(O)C(=O)[O-])cc1.[Na+]. The molecule has 0 amide bonds. The predicted octanol–water partition coefficient (Wildman–Crippen LogP) is -1.45. The molecule has 7 nitrogen and oxygen atoms in total. The van der Waals surface area contributed by atoms with Crippen LogP contribution in [0.25, 0.3) is 0 Å². The van der Waals surface area contributed by atoms with Gasteiger partial charge in [0.25, 0.3) is 5.69 Å². The summed E-state index contributed by atoms with van der Waals surface area (Å²) in [5.41, 5.74) is 0.321. The van der Waals surface area contributed by atoms with Crippen LogP contribution in [0.15, 0.2) is 53.4 Å². The van der Waals surface area contributed by atoms with E-state index in [1.165, 1.54) is 25.3 Å². The average molecular weight is 371 g/mol. The topological polar surface area (TPSA) is 113 Å². The summed E-state index contributed by atoms with van der Waals surface area (Å²) in [7, 11) is 1.49. The van der Waals surface area contributed by atoms with Crippen molar-refractivity contribution in [2.45, 2.75) is 16.2 Å². The number of ether oxygens (including phenoxy) is 1. The number of aliphatic hydroxyl groups is 1. The zero-order valence-electron chi connectivity index (χ0n) is 13.6. The number of carboxylic acid groups (broad SMARTS) is 1. The smallest absolute Gasteiger partial charge is 0.547 e. The van der Waals surface area contributed by atoms with Crippen molar-refractivity contribution in [3.8, 4) is 5.75 Å². The number of nitrogens with zero attached hydrogens (tertiary/aromatic N) is 1. The van der Waals surface area contributed by atoms with E-state index >= 15 is 0 Å². The van der Waals surface area contributed by atoms with Crippen LogP contribution < -0.4 is 39.4 Å². The molecule has 0 radical (unpaired) electrons. The largest absolute Gasteiger partial charge is 1.00 e. The van der Waals surface area contributed by atoms with Crippen molar-refractivity contribution in [2.75, 3.05) is 7.11 Å². The van der Waals surface area contributed by atoms with E-state index < -0.39 is 22.2 Å². The van der Waals surface area contributed by atoms with Gasteiger partial charge >= 0.3 is 29.6 Å². The van der Waals surface area contributed by atoms with Crippen LogP contribution in [-0.4, -0.2) is 29.2 Å². The van der Waals surface area contributed by atoms with Crippen LogP contribution in [0.3, 0.4) is 0 Å². The van der Waals surface area contributed by atoms with Crippen LogP contribution in [0, 0.1) is 10.1 Å². The molecule has 0 spiro atoms. The minimum absolute atomic E-state index is 0. The van der Waals surface area contributed by atoms with Crippen LogP contribution in [0.5, 0.6) is 5.75 Å². The van der Waals surface area contributed by atoms with Crippen molar-refractivity contribution in [3.63, 3.8) is 0 Å². The fourth-order valence-electron chi connectivity index (χ4n) is 2.08. The van der Waals surface area contributed by atoms with E-state index in [1.54, 1.807) is 30.3 Å². The Kier molecular flexibility index (Phi) is 8.40. The Hall–Kier alpha value is -1.58. The number of methoxy groups -OCH3 is 1. The first-order chi connectivity index (χ1) is 11.4. The van der Waals surface area contributed by atoms with Gasteiger partial charge < -0.3 is 19.7 Å². The molecule has 2 aromatic rings. The molecule has 2 rings (SSSR count). The summed E-state index contributed by atoms with van der Waals surface area (Å²) >= 11 is 0.893. The van der Waals surface area contributed by atoms with E-state index in [2.05, 4.69) is 0 Å². The Morgan fingerprint density at radius 3 is 2.32 bits per heavy atom. The van der Waals surface area contributed by atoms with Crippen LogP contribution in [0.2, 0.25) is 0 Å². The van der Waals surface area contributed by atoms with Crippen LogP contribution in [0.4, 0.5) is 5.69 Å². The van der Waals surface area contributed by atoms with E-state index in [9.17, 15) is 25.1 Å². The summed E-state index contributed by atoms with van der Waals surface area (Å²) in [4.78, 5) is 21.9. The van der Waals surface area contributed by atoms with Gasteiger partial charge in [0.05, 0.1) is 28.1 Å². The molecule has 0 aliphatic heterocycles. The van der Waals surface area contributed by atoms with Crippen LogP contribution in [0.1, 0.15) is 10.8 Å². The zero-order chi connectivity index (χ0) is 17.7. The molecule has 0 aromatic heterocycles. The van der Waals surface area contributed by atoms with E-state index in [-0.39, 0.29) is 40.1 Å². The maximum atomic E-state index is 11.1. The fraction of sp³-hybridized carbons (Fsp3) is 0.188. The molecule has 2 aromatic carbocycles. The number of benzene rings is 2. The number of hydrogen-bond donors (Lipinski definition) is 1. The number of hydrogen-bond acceptors (Lipinski definition) is 7. The molecule has 1 N–H and O–H groups in total.